The number of hydrogen-bond acceptors (Lipinski definition) is 4. The van der Waals surface area contributed by atoms with Crippen molar-refractivity contribution in [2.24, 2.45) is 0 Å². The first kappa shape index (κ1) is 25.4. The van der Waals surface area contributed by atoms with Crippen molar-refractivity contribution in [3.8, 4) is 11.8 Å². The predicted octanol–water partition coefficient (Wildman–Crippen LogP) is 6.86. The van der Waals surface area contributed by atoms with Gasteiger partial charge in [0.05, 0.1) is 20.8 Å². The van der Waals surface area contributed by atoms with Gasteiger partial charge in [0.1, 0.15) is 17.4 Å². The largest absolute Gasteiger partial charge is 0.484 e. The van der Waals surface area contributed by atoms with Gasteiger partial charge in [-0.25, -0.2) is 0 Å². The Morgan fingerprint density at radius 3 is 2.26 bits per heavy atom. The Kier molecular flexibility index (Phi) is 8.80. The number of ether oxygens (including phenoxy) is 1. The zero-order valence-corrected chi connectivity index (χ0v) is 20.3. The van der Waals surface area contributed by atoms with Gasteiger partial charge in [0, 0.05) is 10.7 Å². The molecular formula is C24H15Cl4N3O3. The molecule has 0 bridgehead atoms. The average molecular weight is 535 g/mol. The fraction of sp³-hybridized carbons (Fsp3) is 0.0417. The van der Waals surface area contributed by atoms with Crippen molar-refractivity contribution in [1.82, 2.24) is 0 Å². The summed E-state index contributed by atoms with van der Waals surface area (Å²) in [5.74, 6) is -0.591. The molecule has 10 heteroatoms. The van der Waals surface area contributed by atoms with Crippen LogP contribution in [0.3, 0.4) is 0 Å². The number of hydrogen-bond donors (Lipinski definition) is 2. The van der Waals surface area contributed by atoms with Gasteiger partial charge in [-0.1, -0.05) is 58.5 Å². The first-order valence-electron chi connectivity index (χ1n) is 9.61. The summed E-state index contributed by atoms with van der Waals surface area (Å²) in [6.07, 6.45) is 1.41. The zero-order chi connectivity index (χ0) is 24.7. The fourth-order valence-corrected chi connectivity index (χ4v) is 3.31. The number of rotatable bonds is 7. The maximum absolute atomic E-state index is 12.5. The lowest BCUT2D eigenvalue weighted by molar-refractivity contribution is -0.118. The summed E-state index contributed by atoms with van der Waals surface area (Å²) in [6.45, 7) is -0.234. The number of carbonyl (C=O) groups is 2. The van der Waals surface area contributed by atoms with Gasteiger partial charge in [-0.3, -0.25) is 9.59 Å². The average Bonchev–Trinajstić information content (AvgIpc) is 2.81. The van der Waals surface area contributed by atoms with Crippen molar-refractivity contribution in [1.29, 1.82) is 5.26 Å². The van der Waals surface area contributed by atoms with E-state index in [0.717, 1.165) is 0 Å². The molecule has 0 aliphatic rings. The molecule has 3 aromatic carbocycles. The van der Waals surface area contributed by atoms with Crippen molar-refractivity contribution in [2.75, 3.05) is 17.2 Å². The van der Waals surface area contributed by atoms with E-state index in [4.69, 9.17) is 51.1 Å². The van der Waals surface area contributed by atoms with E-state index in [2.05, 4.69) is 10.6 Å². The van der Waals surface area contributed by atoms with E-state index in [1.54, 1.807) is 48.5 Å². The highest BCUT2D eigenvalue weighted by molar-refractivity contribution is 6.42. The second-order valence-corrected chi connectivity index (χ2v) is 8.44. The van der Waals surface area contributed by atoms with Gasteiger partial charge in [0.15, 0.2) is 6.61 Å². The Labute approximate surface area is 215 Å². The lowest BCUT2D eigenvalue weighted by Crippen LogP contribution is -2.20. The molecule has 3 rings (SSSR count). The minimum Gasteiger partial charge on any atom is -0.484 e. The van der Waals surface area contributed by atoms with E-state index in [1.165, 1.54) is 18.2 Å². The van der Waals surface area contributed by atoms with E-state index < -0.39 is 5.91 Å². The molecule has 0 saturated heterocycles. The van der Waals surface area contributed by atoms with Crippen molar-refractivity contribution in [3.05, 3.63) is 91.9 Å². The topological polar surface area (TPSA) is 91.2 Å². The Morgan fingerprint density at radius 1 is 0.882 bits per heavy atom. The first-order valence-corrected chi connectivity index (χ1v) is 11.1. The molecular weight excluding hydrogens is 520 g/mol. The summed E-state index contributed by atoms with van der Waals surface area (Å²) in [5.41, 5.74) is 1.23. The molecule has 0 atom stereocenters. The number of nitrogens with zero attached hydrogens (tertiary/aromatic N) is 1. The predicted molar refractivity (Wildman–Crippen MR) is 136 cm³/mol. The summed E-state index contributed by atoms with van der Waals surface area (Å²) >= 11 is 23.7. The molecule has 0 unspecified atom stereocenters. The van der Waals surface area contributed by atoms with Crippen LogP contribution in [0.5, 0.6) is 5.75 Å². The van der Waals surface area contributed by atoms with Crippen LogP contribution in [0.4, 0.5) is 11.4 Å². The van der Waals surface area contributed by atoms with Crippen LogP contribution >= 0.6 is 46.4 Å². The van der Waals surface area contributed by atoms with Crippen molar-refractivity contribution in [3.63, 3.8) is 0 Å². The molecule has 2 N–H and O–H groups in total. The molecule has 3 aromatic rings. The number of halogens is 4. The number of anilines is 2. The van der Waals surface area contributed by atoms with Gasteiger partial charge in [0.2, 0.25) is 0 Å². The Bertz CT molecular complexity index is 1300. The molecule has 0 saturated carbocycles. The molecule has 0 heterocycles. The van der Waals surface area contributed by atoms with Crippen LogP contribution in [0.25, 0.3) is 6.08 Å². The SMILES string of the molecule is N#C/C(=C/c1ccc(OCC(=O)Nc2ccc(Cl)c(Cl)c2)cc1)C(=O)Nc1cc(Cl)ccc1Cl. The van der Waals surface area contributed by atoms with Gasteiger partial charge < -0.3 is 15.4 Å². The summed E-state index contributed by atoms with van der Waals surface area (Å²) in [4.78, 5) is 24.5. The summed E-state index contributed by atoms with van der Waals surface area (Å²) in [7, 11) is 0. The molecule has 0 radical (unpaired) electrons. The zero-order valence-electron chi connectivity index (χ0n) is 17.2. The van der Waals surface area contributed by atoms with E-state index in [-0.39, 0.29) is 18.1 Å². The highest BCUT2D eigenvalue weighted by Crippen LogP contribution is 2.26. The summed E-state index contributed by atoms with van der Waals surface area (Å²) in [5, 5.41) is 16.0. The molecule has 6 nitrogen and oxygen atoms in total. The summed E-state index contributed by atoms with van der Waals surface area (Å²) < 4.78 is 5.47. The van der Waals surface area contributed by atoms with Crippen LogP contribution in [-0.2, 0) is 9.59 Å². The highest BCUT2D eigenvalue weighted by atomic mass is 35.5. The Morgan fingerprint density at radius 2 is 1.59 bits per heavy atom. The number of nitrogens with one attached hydrogen (secondary N) is 2. The molecule has 0 aromatic heterocycles. The lowest BCUT2D eigenvalue weighted by atomic mass is 10.1. The number of carbonyl (C=O) groups excluding carboxylic acids is 2. The number of benzene rings is 3. The smallest absolute Gasteiger partial charge is 0.266 e. The minimum absolute atomic E-state index is 0.134. The molecule has 0 fully saturated rings. The monoisotopic (exact) mass is 533 g/mol. The number of nitriles is 1. The van der Waals surface area contributed by atoms with Crippen LogP contribution in [0.2, 0.25) is 20.1 Å². The van der Waals surface area contributed by atoms with Crippen LogP contribution < -0.4 is 15.4 Å². The quantitative estimate of drug-likeness (QED) is 0.256. The lowest BCUT2D eigenvalue weighted by Gasteiger charge is -2.09. The molecule has 0 aliphatic heterocycles. The first-order chi connectivity index (χ1) is 16.2. The standard InChI is InChI=1S/C24H15Cl4N3O3/c25-16-3-7-20(27)22(10-16)31-24(33)15(12-29)9-14-1-5-18(6-2-14)34-13-23(32)30-17-4-8-19(26)21(28)11-17/h1-11H,13H2,(H,30,32)(H,31,33)/b15-9-. The van der Waals surface area contributed by atoms with Gasteiger partial charge >= 0.3 is 0 Å². The maximum atomic E-state index is 12.5. The van der Waals surface area contributed by atoms with Crippen LogP contribution in [0.15, 0.2) is 66.2 Å². The molecule has 0 spiro atoms. The third kappa shape index (κ3) is 7.14. The van der Waals surface area contributed by atoms with E-state index >= 15 is 0 Å². The van der Waals surface area contributed by atoms with Crippen molar-refractivity contribution < 1.29 is 14.3 Å². The van der Waals surface area contributed by atoms with Crippen LogP contribution in [0.1, 0.15) is 5.56 Å². The van der Waals surface area contributed by atoms with Crippen LogP contribution in [-0.4, -0.2) is 18.4 Å². The maximum Gasteiger partial charge on any atom is 0.266 e. The van der Waals surface area contributed by atoms with Crippen LogP contribution in [0, 0.1) is 11.3 Å². The third-order valence-corrected chi connectivity index (χ3v) is 5.61. The summed E-state index contributed by atoms with van der Waals surface area (Å²) in [6, 6.07) is 17.7. The minimum atomic E-state index is -0.633. The third-order valence-electron chi connectivity index (χ3n) is 4.31. The molecule has 172 valence electrons. The second-order valence-electron chi connectivity index (χ2n) is 6.78. The second kappa shape index (κ2) is 11.8. The van der Waals surface area contributed by atoms with E-state index in [0.29, 0.717) is 42.8 Å². The normalized spacial score (nSPS) is 10.9. The van der Waals surface area contributed by atoms with E-state index in [1.807, 2.05) is 6.07 Å². The van der Waals surface area contributed by atoms with Gasteiger partial charge in [-0.2, -0.15) is 5.26 Å². The van der Waals surface area contributed by atoms with Gasteiger partial charge in [-0.15, -0.1) is 0 Å². The Balaban J connectivity index is 1.59. The number of amides is 2. The fourth-order valence-electron chi connectivity index (χ4n) is 2.68. The molecule has 34 heavy (non-hydrogen) atoms. The van der Waals surface area contributed by atoms with Crippen molar-refractivity contribution >= 4 is 75.7 Å². The molecule has 0 aliphatic carbocycles. The van der Waals surface area contributed by atoms with Gasteiger partial charge in [0.25, 0.3) is 11.8 Å². The van der Waals surface area contributed by atoms with E-state index in [9.17, 15) is 14.9 Å². The van der Waals surface area contributed by atoms with Gasteiger partial charge in [-0.05, 0) is 60.2 Å². The van der Waals surface area contributed by atoms with Crippen molar-refractivity contribution in [2.45, 2.75) is 0 Å². The molecule has 2 amide bonds. The Hall–Kier alpha value is -3.21. The highest BCUT2D eigenvalue weighted by Gasteiger charge is 2.12.